The molecule has 128 valence electrons. The summed E-state index contributed by atoms with van der Waals surface area (Å²) in [5.74, 6) is -0.0852. The van der Waals surface area contributed by atoms with E-state index in [4.69, 9.17) is 0 Å². The molecule has 7 nitrogen and oxygen atoms in total. The van der Waals surface area contributed by atoms with Crippen LogP contribution in [-0.2, 0) is 0 Å². The summed E-state index contributed by atoms with van der Waals surface area (Å²) >= 11 is 0. The first-order valence-electron chi connectivity index (χ1n) is 8.09. The van der Waals surface area contributed by atoms with E-state index in [2.05, 4.69) is 10.1 Å². The molecule has 0 spiro atoms. The number of amides is 1. The highest BCUT2D eigenvalue weighted by Gasteiger charge is 2.36. The fourth-order valence-corrected chi connectivity index (χ4v) is 3.36. The molecule has 7 heteroatoms. The largest absolute Gasteiger partial charge is 0.387 e. The van der Waals surface area contributed by atoms with Gasteiger partial charge in [-0.25, -0.2) is 9.67 Å². The van der Waals surface area contributed by atoms with Crippen LogP contribution in [0.1, 0.15) is 23.2 Å². The Kier molecular flexibility index (Phi) is 4.64. The number of rotatable bonds is 4. The average molecular weight is 329 g/mol. The first-order chi connectivity index (χ1) is 11.5. The van der Waals surface area contributed by atoms with Crippen molar-refractivity contribution in [3.8, 4) is 5.69 Å². The minimum absolute atomic E-state index is 0.0852. The minimum atomic E-state index is -0.861. The lowest BCUT2D eigenvalue weighted by Gasteiger charge is -2.40. The number of benzene rings is 1. The third kappa shape index (κ3) is 3.47. The van der Waals surface area contributed by atoms with Crippen LogP contribution in [0.3, 0.4) is 0 Å². The smallest absolute Gasteiger partial charge is 0.256 e. The van der Waals surface area contributed by atoms with E-state index in [0.717, 1.165) is 6.42 Å². The van der Waals surface area contributed by atoms with Crippen molar-refractivity contribution in [1.82, 2.24) is 24.6 Å². The van der Waals surface area contributed by atoms with Gasteiger partial charge in [0.25, 0.3) is 5.91 Å². The van der Waals surface area contributed by atoms with Crippen molar-refractivity contribution in [3.63, 3.8) is 0 Å². The van der Waals surface area contributed by atoms with Gasteiger partial charge >= 0.3 is 0 Å². The lowest BCUT2D eigenvalue weighted by molar-refractivity contribution is -0.0391. The van der Waals surface area contributed by atoms with Gasteiger partial charge in [0.05, 0.1) is 23.4 Å². The minimum Gasteiger partial charge on any atom is -0.387 e. The summed E-state index contributed by atoms with van der Waals surface area (Å²) in [7, 11) is 3.86. The van der Waals surface area contributed by atoms with Crippen LogP contribution in [0, 0.1) is 0 Å². The number of likely N-dealkylation sites (N-methyl/N-ethyl adjacent to an activating group) is 1. The topological polar surface area (TPSA) is 74.5 Å². The van der Waals surface area contributed by atoms with Crippen molar-refractivity contribution in [1.29, 1.82) is 0 Å². The molecular formula is C17H23N5O2. The number of nitrogens with zero attached hydrogens (tertiary/aromatic N) is 5. The van der Waals surface area contributed by atoms with E-state index in [-0.39, 0.29) is 5.91 Å². The molecule has 1 N–H and O–H groups in total. The lowest BCUT2D eigenvalue weighted by atomic mass is 9.92. The SMILES string of the molecule is CN(C)C[C@@]1(O)CCCN(C(=O)c2ccccc2-n2cncn2)C1. The molecule has 1 fully saturated rings. The Balaban J connectivity index is 1.85. The molecule has 2 heterocycles. The first-order valence-corrected chi connectivity index (χ1v) is 8.09. The fourth-order valence-electron chi connectivity index (χ4n) is 3.36. The Labute approximate surface area is 141 Å². The summed E-state index contributed by atoms with van der Waals surface area (Å²) in [5, 5.41) is 14.9. The van der Waals surface area contributed by atoms with E-state index in [1.165, 1.54) is 6.33 Å². The van der Waals surface area contributed by atoms with Crippen molar-refractivity contribution in [2.45, 2.75) is 18.4 Å². The molecular weight excluding hydrogens is 306 g/mol. The summed E-state index contributed by atoms with van der Waals surface area (Å²) in [6.07, 6.45) is 4.52. The molecule has 1 aromatic carbocycles. The van der Waals surface area contributed by atoms with Gasteiger partial charge in [-0.2, -0.15) is 5.10 Å². The molecule has 2 aromatic rings. The Morgan fingerprint density at radius 3 is 2.88 bits per heavy atom. The van der Waals surface area contributed by atoms with Gasteiger partial charge in [0.2, 0.25) is 0 Å². The predicted octanol–water partition coefficient (Wildman–Crippen LogP) is 0.796. The van der Waals surface area contributed by atoms with Gasteiger partial charge in [-0.05, 0) is 39.1 Å². The van der Waals surface area contributed by atoms with Gasteiger partial charge in [0.15, 0.2) is 0 Å². The van der Waals surface area contributed by atoms with Crippen LogP contribution in [0.2, 0.25) is 0 Å². The van der Waals surface area contributed by atoms with Gasteiger partial charge in [-0.15, -0.1) is 0 Å². The molecule has 24 heavy (non-hydrogen) atoms. The lowest BCUT2D eigenvalue weighted by Crippen LogP contribution is -2.54. The van der Waals surface area contributed by atoms with Crippen molar-refractivity contribution in [2.24, 2.45) is 0 Å². The molecule has 3 rings (SSSR count). The molecule has 1 aliphatic rings. The van der Waals surface area contributed by atoms with E-state index >= 15 is 0 Å². The second-order valence-corrected chi connectivity index (χ2v) is 6.65. The van der Waals surface area contributed by atoms with Crippen LogP contribution in [0.5, 0.6) is 0 Å². The maximum Gasteiger partial charge on any atom is 0.256 e. The summed E-state index contributed by atoms with van der Waals surface area (Å²) in [6, 6.07) is 7.34. The number of carbonyl (C=O) groups excluding carboxylic acids is 1. The van der Waals surface area contributed by atoms with Crippen LogP contribution >= 0.6 is 0 Å². The van der Waals surface area contributed by atoms with Gasteiger partial charge in [-0.3, -0.25) is 4.79 Å². The number of hydrogen-bond acceptors (Lipinski definition) is 5. The molecule has 1 aromatic heterocycles. The van der Waals surface area contributed by atoms with E-state index in [0.29, 0.717) is 37.3 Å². The molecule has 1 atom stereocenters. The summed E-state index contributed by atoms with van der Waals surface area (Å²) in [4.78, 5) is 20.7. The van der Waals surface area contributed by atoms with E-state index in [9.17, 15) is 9.90 Å². The Morgan fingerprint density at radius 1 is 1.38 bits per heavy atom. The van der Waals surface area contributed by atoms with E-state index in [1.807, 2.05) is 37.2 Å². The quantitative estimate of drug-likeness (QED) is 0.898. The number of likely N-dealkylation sites (tertiary alicyclic amines) is 1. The molecule has 0 unspecified atom stereocenters. The van der Waals surface area contributed by atoms with Crippen LogP contribution in [0.15, 0.2) is 36.9 Å². The average Bonchev–Trinajstić information content (AvgIpc) is 3.07. The number of β-amino-alcohol motifs (C(OH)–C–C–N with tert-alkyl or cyclic N) is 1. The van der Waals surface area contributed by atoms with Crippen LogP contribution in [0.25, 0.3) is 5.69 Å². The Morgan fingerprint density at radius 2 is 2.17 bits per heavy atom. The van der Waals surface area contributed by atoms with Gasteiger partial charge < -0.3 is 14.9 Å². The van der Waals surface area contributed by atoms with Crippen molar-refractivity contribution in [3.05, 3.63) is 42.5 Å². The number of aromatic nitrogens is 3. The highest BCUT2D eigenvalue weighted by molar-refractivity contribution is 5.97. The van der Waals surface area contributed by atoms with Gasteiger partial charge in [-0.1, -0.05) is 12.1 Å². The monoisotopic (exact) mass is 329 g/mol. The third-order valence-electron chi connectivity index (χ3n) is 4.25. The normalized spacial score (nSPS) is 21.2. The first kappa shape index (κ1) is 16.6. The molecule has 0 radical (unpaired) electrons. The zero-order valence-electron chi connectivity index (χ0n) is 14.1. The number of piperidine rings is 1. The highest BCUT2D eigenvalue weighted by atomic mass is 16.3. The maximum atomic E-state index is 13.0. The van der Waals surface area contributed by atoms with Crippen molar-refractivity contribution < 1.29 is 9.90 Å². The Hall–Kier alpha value is -2.25. The number of carbonyl (C=O) groups is 1. The second kappa shape index (κ2) is 6.70. The summed E-state index contributed by atoms with van der Waals surface area (Å²) in [6.45, 7) is 1.54. The van der Waals surface area contributed by atoms with Crippen LogP contribution in [0.4, 0.5) is 0 Å². The maximum absolute atomic E-state index is 13.0. The molecule has 1 aliphatic heterocycles. The highest BCUT2D eigenvalue weighted by Crippen LogP contribution is 2.24. The molecule has 0 bridgehead atoms. The zero-order chi connectivity index (χ0) is 17.2. The Bertz CT molecular complexity index is 701. The third-order valence-corrected chi connectivity index (χ3v) is 4.25. The van der Waals surface area contributed by atoms with Gasteiger partial charge in [0, 0.05) is 13.1 Å². The number of aliphatic hydroxyl groups is 1. The molecule has 0 saturated carbocycles. The van der Waals surface area contributed by atoms with Crippen molar-refractivity contribution in [2.75, 3.05) is 33.7 Å². The number of para-hydroxylation sites is 1. The summed E-state index contributed by atoms with van der Waals surface area (Å²) in [5.41, 5.74) is 0.401. The predicted molar refractivity (Wildman–Crippen MR) is 90.0 cm³/mol. The molecule has 0 aliphatic carbocycles. The molecule has 1 saturated heterocycles. The van der Waals surface area contributed by atoms with Gasteiger partial charge in [0.1, 0.15) is 12.7 Å². The van der Waals surface area contributed by atoms with E-state index in [1.54, 1.807) is 22.0 Å². The summed E-state index contributed by atoms with van der Waals surface area (Å²) < 4.78 is 1.59. The second-order valence-electron chi connectivity index (χ2n) is 6.65. The fraction of sp³-hybridized carbons (Fsp3) is 0.471. The van der Waals surface area contributed by atoms with Crippen molar-refractivity contribution >= 4 is 5.91 Å². The van der Waals surface area contributed by atoms with E-state index < -0.39 is 5.60 Å². The van der Waals surface area contributed by atoms with Crippen LogP contribution in [-0.4, -0.2) is 74.9 Å². The molecule has 1 amide bonds. The number of hydrogen-bond donors (Lipinski definition) is 1. The zero-order valence-corrected chi connectivity index (χ0v) is 14.1. The standard InChI is InChI=1S/C17H23N5O2/c1-20(2)10-17(24)8-5-9-21(11-17)16(23)14-6-3-4-7-15(14)22-13-18-12-19-22/h3-4,6-7,12-13,24H,5,8-11H2,1-2H3/t17-/m0/s1. The van der Waals surface area contributed by atoms with Crippen LogP contribution < -0.4 is 0 Å².